The first-order chi connectivity index (χ1) is 6.77. The Hall–Kier alpha value is -1.41. The lowest BCUT2D eigenvalue weighted by Gasteiger charge is -2.03. The number of hydrogen-bond donors (Lipinski definition) is 0. The molecule has 0 amide bonds. The fraction of sp³-hybridized carbons (Fsp3) is 0.0909. The molecule has 70 valence electrons. The van der Waals surface area contributed by atoms with Crippen molar-refractivity contribution in [1.82, 2.24) is 9.97 Å². The van der Waals surface area contributed by atoms with E-state index in [9.17, 15) is 0 Å². The number of hydrogen-bond acceptors (Lipinski definition) is 2. The molecule has 2 aromatic rings. The Morgan fingerprint density at radius 1 is 1.14 bits per heavy atom. The van der Waals surface area contributed by atoms with Crippen molar-refractivity contribution in [2.45, 2.75) is 6.92 Å². The summed E-state index contributed by atoms with van der Waals surface area (Å²) in [6.07, 6.45) is 3.36. The number of rotatable bonds is 1. The summed E-state index contributed by atoms with van der Waals surface area (Å²) in [5, 5.41) is 0.737. The Labute approximate surface area is 87.6 Å². The van der Waals surface area contributed by atoms with Crippen molar-refractivity contribution in [3.05, 3.63) is 47.4 Å². The van der Waals surface area contributed by atoms with Gasteiger partial charge in [-0.2, -0.15) is 0 Å². The first-order valence-corrected chi connectivity index (χ1v) is 4.68. The van der Waals surface area contributed by atoms with Crippen molar-refractivity contribution in [1.29, 1.82) is 0 Å². The molecule has 0 atom stereocenters. The Kier molecular flexibility index (Phi) is 2.46. The minimum absolute atomic E-state index is 0.737. The third-order valence-corrected chi connectivity index (χ3v) is 2.26. The summed E-state index contributed by atoms with van der Waals surface area (Å²) in [5.41, 5.74) is 3.08. The smallest absolute Gasteiger partial charge is 0.116 e. The first kappa shape index (κ1) is 9.16. The van der Waals surface area contributed by atoms with E-state index in [2.05, 4.69) is 9.97 Å². The topological polar surface area (TPSA) is 25.8 Å². The Morgan fingerprint density at radius 2 is 1.86 bits per heavy atom. The van der Waals surface area contributed by atoms with E-state index in [1.165, 1.54) is 0 Å². The van der Waals surface area contributed by atoms with E-state index in [0.717, 1.165) is 21.8 Å². The van der Waals surface area contributed by atoms with E-state index in [4.69, 9.17) is 11.6 Å². The molecule has 0 saturated carbocycles. The third-order valence-electron chi connectivity index (χ3n) is 2.01. The summed E-state index contributed by atoms with van der Waals surface area (Å²) >= 11 is 5.81. The van der Waals surface area contributed by atoms with Gasteiger partial charge in [-0.15, -0.1) is 0 Å². The highest BCUT2D eigenvalue weighted by atomic mass is 35.5. The van der Waals surface area contributed by atoms with Gasteiger partial charge in [0.2, 0.25) is 0 Å². The van der Waals surface area contributed by atoms with Gasteiger partial charge in [-0.25, -0.2) is 9.97 Å². The van der Waals surface area contributed by atoms with Gasteiger partial charge in [-0.3, -0.25) is 0 Å². The van der Waals surface area contributed by atoms with Gasteiger partial charge in [0.05, 0.1) is 5.69 Å². The molecule has 2 nitrogen and oxygen atoms in total. The average molecular weight is 205 g/mol. The van der Waals surface area contributed by atoms with E-state index in [-0.39, 0.29) is 0 Å². The molecule has 0 bridgehead atoms. The van der Waals surface area contributed by atoms with Crippen LogP contribution in [0.1, 0.15) is 5.56 Å². The molecule has 0 fully saturated rings. The largest absolute Gasteiger partial charge is 0.245 e. The summed E-state index contributed by atoms with van der Waals surface area (Å²) in [4.78, 5) is 8.17. The van der Waals surface area contributed by atoms with Crippen LogP contribution in [0, 0.1) is 6.92 Å². The van der Waals surface area contributed by atoms with Crippen LogP contribution in [-0.2, 0) is 0 Å². The zero-order valence-corrected chi connectivity index (χ0v) is 8.49. The summed E-state index contributed by atoms with van der Waals surface area (Å²) < 4.78 is 0. The molecule has 0 aliphatic rings. The lowest BCUT2D eigenvalue weighted by molar-refractivity contribution is 1.13. The van der Waals surface area contributed by atoms with Gasteiger partial charge in [0, 0.05) is 16.8 Å². The van der Waals surface area contributed by atoms with Crippen molar-refractivity contribution >= 4 is 11.6 Å². The van der Waals surface area contributed by atoms with Gasteiger partial charge >= 0.3 is 0 Å². The number of aryl methyl sites for hydroxylation is 1. The quantitative estimate of drug-likeness (QED) is 0.714. The van der Waals surface area contributed by atoms with Crippen LogP contribution >= 0.6 is 11.6 Å². The van der Waals surface area contributed by atoms with E-state index < -0.39 is 0 Å². The van der Waals surface area contributed by atoms with Crippen LogP contribution in [0.4, 0.5) is 0 Å². The lowest BCUT2D eigenvalue weighted by atomic mass is 10.1. The monoisotopic (exact) mass is 204 g/mol. The van der Waals surface area contributed by atoms with E-state index in [1.54, 1.807) is 12.5 Å². The minimum Gasteiger partial charge on any atom is -0.245 e. The highest BCUT2D eigenvalue weighted by Gasteiger charge is 2.01. The van der Waals surface area contributed by atoms with E-state index >= 15 is 0 Å². The fourth-order valence-electron chi connectivity index (χ4n) is 1.31. The van der Waals surface area contributed by atoms with Crippen LogP contribution < -0.4 is 0 Å². The molecule has 1 heterocycles. The number of nitrogens with zero attached hydrogens (tertiary/aromatic N) is 2. The highest BCUT2D eigenvalue weighted by Crippen LogP contribution is 2.21. The second-order valence-corrected chi connectivity index (χ2v) is 3.50. The Morgan fingerprint density at radius 3 is 2.50 bits per heavy atom. The molecule has 0 unspecified atom stereocenters. The van der Waals surface area contributed by atoms with Gasteiger partial charge in [0.15, 0.2) is 0 Å². The molecule has 0 aliphatic carbocycles. The van der Waals surface area contributed by atoms with E-state index in [0.29, 0.717) is 0 Å². The maximum Gasteiger partial charge on any atom is 0.116 e. The Balaban J connectivity index is 2.50. The number of aromatic nitrogens is 2. The SMILES string of the molecule is Cc1cncnc1-c1ccc(Cl)cc1. The van der Waals surface area contributed by atoms with Crippen molar-refractivity contribution in [2.24, 2.45) is 0 Å². The average Bonchev–Trinajstić information content (AvgIpc) is 2.20. The van der Waals surface area contributed by atoms with Crippen LogP contribution in [0.5, 0.6) is 0 Å². The molecule has 0 spiro atoms. The Bertz CT molecular complexity index is 437. The molecular weight excluding hydrogens is 196 g/mol. The molecule has 1 aromatic heterocycles. The van der Waals surface area contributed by atoms with Gasteiger partial charge < -0.3 is 0 Å². The maximum atomic E-state index is 5.81. The van der Waals surface area contributed by atoms with Crippen molar-refractivity contribution in [2.75, 3.05) is 0 Å². The maximum absolute atomic E-state index is 5.81. The molecule has 14 heavy (non-hydrogen) atoms. The molecule has 3 heteroatoms. The molecule has 0 N–H and O–H groups in total. The molecule has 1 aromatic carbocycles. The number of halogens is 1. The summed E-state index contributed by atoms with van der Waals surface area (Å²) in [6, 6.07) is 7.63. The van der Waals surface area contributed by atoms with Crippen LogP contribution in [0.3, 0.4) is 0 Å². The van der Waals surface area contributed by atoms with E-state index in [1.807, 2.05) is 31.2 Å². The van der Waals surface area contributed by atoms with Gasteiger partial charge in [0.1, 0.15) is 6.33 Å². The predicted molar refractivity (Wildman–Crippen MR) is 57.2 cm³/mol. The highest BCUT2D eigenvalue weighted by molar-refractivity contribution is 6.30. The van der Waals surface area contributed by atoms with Crippen LogP contribution in [0.25, 0.3) is 11.3 Å². The predicted octanol–water partition coefficient (Wildman–Crippen LogP) is 3.11. The number of benzene rings is 1. The lowest BCUT2D eigenvalue weighted by Crippen LogP contribution is -1.88. The second kappa shape index (κ2) is 3.76. The first-order valence-electron chi connectivity index (χ1n) is 4.30. The second-order valence-electron chi connectivity index (χ2n) is 3.06. The van der Waals surface area contributed by atoms with Crippen molar-refractivity contribution < 1.29 is 0 Å². The summed E-state index contributed by atoms with van der Waals surface area (Å²) in [5.74, 6) is 0. The molecule has 0 aliphatic heterocycles. The minimum atomic E-state index is 0.737. The standard InChI is InChI=1S/C11H9ClN2/c1-8-6-13-7-14-11(8)9-2-4-10(12)5-3-9/h2-7H,1H3. The fourth-order valence-corrected chi connectivity index (χ4v) is 1.44. The summed E-state index contributed by atoms with van der Waals surface area (Å²) in [6.45, 7) is 1.99. The van der Waals surface area contributed by atoms with Crippen LogP contribution in [0.15, 0.2) is 36.8 Å². The van der Waals surface area contributed by atoms with Crippen molar-refractivity contribution in [3.8, 4) is 11.3 Å². The van der Waals surface area contributed by atoms with Gasteiger partial charge in [-0.1, -0.05) is 23.7 Å². The molecule has 0 saturated heterocycles. The van der Waals surface area contributed by atoms with Crippen molar-refractivity contribution in [3.63, 3.8) is 0 Å². The molecular formula is C11H9ClN2. The van der Waals surface area contributed by atoms with Crippen LogP contribution in [-0.4, -0.2) is 9.97 Å². The van der Waals surface area contributed by atoms with Gasteiger partial charge in [-0.05, 0) is 24.6 Å². The summed E-state index contributed by atoms with van der Waals surface area (Å²) in [7, 11) is 0. The zero-order chi connectivity index (χ0) is 9.97. The molecule has 0 radical (unpaired) electrons. The van der Waals surface area contributed by atoms with Gasteiger partial charge in [0.25, 0.3) is 0 Å². The normalized spacial score (nSPS) is 10.1. The zero-order valence-electron chi connectivity index (χ0n) is 7.74. The van der Waals surface area contributed by atoms with Crippen LogP contribution in [0.2, 0.25) is 5.02 Å². The third kappa shape index (κ3) is 1.75. The molecule has 2 rings (SSSR count).